The van der Waals surface area contributed by atoms with E-state index in [1.54, 1.807) is 6.07 Å². The van der Waals surface area contributed by atoms with Gasteiger partial charge in [0, 0.05) is 36.4 Å². The molecule has 1 heterocycles. The maximum atomic E-state index is 12.8. The summed E-state index contributed by atoms with van der Waals surface area (Å²) in [5.41, 5.74) is -0.141. The number of rotatable bonds is 3. The van der Waals surface area contributed by atoms with E-state index in [1.807, 2.05) is 4.90 Å². The summed E-state index contributed by atoms with van der Waals surface area (Å²) < 4.78 is 38.5. The van der Waals surface area contributed by atoms with Gasteiger partial charge in [0.2, 0.25) is 0 Å². The van der Waals surface area contributed by atoms with Crippen LogP contribution in [0.2, 0.25) is 5.02 Å². The summed E-state index contributed by atoms with van der Waals surface area (Å²) in [6.45, 7) is 4.28. The SMILES string of the molecule is CCCC1CN(c2cc(Cl)cc(C(F)(F)F)c2)CCN1. The number of halogens is 4. The summed E-state index contributed by atoms with van der Waals surface area (Å²) in [5, 5.41) is 3.51. The van der Waals surface area contributed by atoms with E-state index >= 15 is 0 Å². The standard InChI is InChI=1S/C14H18ClF3N2/c1-2-3-12-9-20(5-4-19-12)13-7-10(14(16,17)18)6-11(15)8-13/h6-8,12,19H,2-5,9H2,1H3. The van der Waals surface area contributed by atoms with Crippen molar-refractivity contribution in [2.24, 2.45) is 0 Å². The van der Waals surface area contributed by atoms with Crippen molar-refractivity contribution in [3.8, 4) is 0 Å². The second-order valence-corrected chi connectivity index (χ2v) is 5.52. The summed E-state index contributed by atoms with van der Waals surface area (Å²) in [7, 11) is 0. The van der Waals surface area contributed by atoms with Crippen LogP contribution in [0.1, 0.15) is 25.3 Å². The van der Waals surface area contributed by atoms with E-state index < -0.39 is 11.7 Å². The molecule has 0 spiro atoms. The zero-order valence-corrected chi connectivity index (χ0v) is 12.1. The molecule has 2 nitrogen and oxygen atoms in total. The first-order valence-corrected chi connectivity index (χ1v) is 7.14. The zero-order chi connectivity index (χ0) is 14.8. The molecule has 1 aliphatic heterocycles. The molecule has 1 aliphatic rings. The summed E-state index contributed by atoms with van der Waals surface area (Å²) in [5.74, 6) is 0. The molecule has 1 N–H and O–H groups in total. The highest BCUT2D eigenvalue weighted by atomic mass is 35.5. The first kappa shape index (κ1) is 15.4. The van der Waals surface area contributed by atoms with E-state index in [1.165, 1.54) is 6.07 Å². The van der Waals surface area contributed by atoms with E-state index in [0.717, 1.165) is 25.5 Å². The molecule has 0 saturated carbocycles. The Hall–Kier alpha value is -0.940. The Morgan fingerprint density at radius 1 is 1.35 bits per heavy atom. The van der Waals surface area contributed by atoms with Gasteiger partial charge >= 0.3 is 6.18 Å². The Bertz CT molecular complexity index is 460. The molecule has 1 saturated heterocycles. The Labute approximate surface area is 121 Å². The molecular weight excluding hydrogens is 289 g/mol. The van der Waals surface area contributed by atoms with Crippen molar-refractivity contribution >= 4 is 17.3 Å². The number of hydrogen-bond acceptors (Lipinski definition) is 2. The van der Waals surface area contributed by atoms with Crippen LogP contribution in [0.4, 0.5) is 18.9 Å². The molecule has 0 amide bonds. The predicted octanol–water partition coefficient (Wildman–Crippen LogP) is 3.94. The molecule has 0 radical (unpaired) electrons. The smallest absolute Gasteiger partial charge is 0.369 e. The van der Waals surface area contributed by atoms with Crippen LogP contribution in [0.15, 0.2) is 18.2 Å². The highest BCUT2D eigenvalue weighted by Gasteiger charge is 2.32. The second-order valence-electron chi connectivity index (χ2n) is 5.08. The van der Waals surface area contributed by atoms with Crippen molar-refractivity contribution in [2.45, 2.75) is 32.0 Å². The minimum absolute atomic E-state index is 0.125. The average Bonchev–Trinajstić information content (AvgIpc) is 2.38. The molecule has 20 heavy (non-hydrogen) atoms. The molecule has 1 aromatic rings. The fourth-order valence-corrected chi connectivity index (χ4v) is 2.75. The lowest BCUT2D eigenvalue weighted by Gasteiger charge is -2.35. The summed E-state index contributed by atoms with van der Waals surface area (Å²) in [6, 6.07) is 4.07. The van der Waals surface area contributed by atoms with Crippen molar-refractivity contribution in [1.29, 1.82) is 0 Å². The van der Waals surface area contributed by atoms with Crippen LogP contribution in [0.25, 0.3) is 0 Å². The normalized spacial score (nSPS) is 20.2. The van der Waals surface area contributed by atoms with Crippen LogP contribution in [-0.4, -0.2) is 25.7 Å². The van der Waals surface area contributed by atoms with Gasteiger partial charge < -0.3 is 10.2 Å². The molecule has 0 bridgehead atoms. The Kier molecular flexibility index (Phi) is 4.81. The molecule has 6 heteroatoms. The number of anilines is 1. The van der Waals surface area contributed by atoms with E-state index in [9.17, 15) is 13.2 Å². The van der Waals surface area contributed by atoms with E-state index in [4.69, 9.17) is 11.6 Å². The first-order valence-electron chi connectivity index (χ1n) is 6.76. The fraction of sp³-hybridized carbons (Fsp3) is 0.571. The molecule has 1 unspecified atom stereocenters. The van der Waals surface area contributed by atoms with Crippen LogP contribution in [0.5, 0.6) is 0 Å². The highest BCUT2D eigenvalue weighted by molar-refractivity contribution is 6.30. The highest BCUT2D eigenvalue weighted by Crippen LogP contribution is 2.34. The fourth-order valence-electron chi connectivity index (χ4n) is 2.52. The number of piperazine rings is 1. The largest absolute Gasteiger partial charge is 0.416 e. The first-order chi connectivity index (χ1) is 9.40. The molecule has 1 aromatic carbocycles. The van der Waals surface area contributed by atoms with Gasteiger partial charge in [0.05, 0.1) is 5.56 Å². The van der Waals surface area contributed by atoms with Gasteiger partial charge in [0.25, 0.3) is 0 Å². The van der Waals surface area contributed by atoms with Crippen LogP contribution >= 0.6 is 11.6 Å². The third-order valence-electron chi connectivity index (χ3n) is 3.47. The molecular formula is C14H18ClF3N2. The molecule has 2 rings (SSSR count). The number of benzene rings is 1. The maximum Gasteiger partial charge on any atom is 0.416 e. The summed E-state index contributed by atoms with van der Waals surface area (Å²) in [6.07, 6.45) is -2.30. The van der Waals surface area contributed by atoms with E-state index in [0.29, 0.717) is 24.8 Å². The Morgan fingerprint density at radius 3 is 2.75 bits per heavy atom. The minimum atomic E-state index is -4.36. The minimum Gasteiger partial charge on any atom is -0.369 e. The van der Waals surface area contributed by atoms with Crippen LogP contribution in [0.3, 0.4) is 0 Å². The van der Waals surface area contributed by atoms with Gasteiger partial charge in [-0.3, -0.25) is 0 Å². The monoisotopic (exact) mass is 306 g/mol. The summed E-state index contributed by atoms with van der Waals surface area (Å²) in [4.78, 5) is 1.97. The van der Waals surface area contributed by atoms with Gasteiger partial charge in [-0.15, -0.1) is 0 Å². The van der Waals surface area contributed by atoms with Gasteiger partial charge in [-0.25, -0.2) is 0 Å². The number of nitrogens with one attached hydrogen (secondary N) is 1. The number of alkyl halides is 3. The molecule has 112 valence electrons. The van der Waals surface area contributed by atoms with Crippen LogP contribution < -0.4 is 10.2 Å². The molecule has 0 aliphatic carbocycles. The molecule has 0 aromatic heterocycles. The number of nitrogens with zero attached hydrogens (tertiary/aromatic N) is 1. The lowest BCUT2D eigenvalue weighted by atomic mass is 10.1. The predicted molar refractivity (Wildman–Crippen MR) is 75.4 cm³/mol. The topological polar surface area (TPSA) is 15.3 Å². The van der Waals surface area contributed by atoms with Crippen molar-refractivity contribution < 1.29 is 13.2 Å². The third-order valence-corrected chi connectivity index (χ3v) is 3.69. The summed E-state index contributed by atoms with van der Waals surface area (Å²) >= 11 is 5.83. The number of hydrogen-bond donors (Lipinski definition) is 1. The zero-order valence-electron chi connectivity index (χ0n) is 11.3. The van der Waals surface area contributed by atoms with Gasteiger partial charge in [-0.1, -0.05) is 24.9 Å². The van der Waals surface area contributed by atoms with Gasteiger partial charge in [0.15, 0.2) is 0 Å². The lowest BCUT2D eigenvalue weighted by Crippen LogP contribution is -2.50. The van der Waals surface area contributed by atoms with Gasteiger partial charge in [-0.05, 0) is 24.6 Å². The molecule has 1 atom stereocenters. The van der Waals surface area contributed by atoms with Gasteiger partial charge in [0.1, 0.15) is 0 Å². The molecule has 1 fully saturated rings. The van der Waals surface area contributed by atoms with Crippen molar-refractivity contribution in [3.05, 3.63) is 28.8 Å². The Balaban J connectivity index is 2.21. The van der Waals surface area contributed by atoms with Crippen molar-refractivity contribution in [2.75, 3.05) is 24.5 Å². The lowest BCUT2D eigenvalue weighted by molar-refractivity contribution is -0.137. The van der Waals surface area contributed by atoms with E-state index in [2.05, 4.69) is 12.2 Å². The van der Waals surface area contributed by atoms with Crippen molar-refractivity contribution in [1.82, 2.24) is 5.32 Å². The van der Waals surface area contributed by atoms with Crippen molar-refractivity contribution in [3.63, 3.8) is 0 Å². The van der Waals surface area contributed by atoms with Crippen LogP contribution in [0, 0.1) is 0 Å². The second kappa shape index (κ2) is 6.22. The maximum absolute atomic E-state index is 12.8. The Morgan fingerprint density at radius 2 is 2.10 bits per heavy atom. The third kappa shape index (κ3) is 3.79. The van der Waals surface area contributed by atoms with Crippen LogP contribution in [-0.2, 0) is 6.18 Å². The quantitative estimate of drug-likeness (QED) is 0.910. The van der Waals surface area contributed by atoms with Gasteiger partial charge in [-0.2, -0.15) is 13.2 Å². The van der Waals surface area contributed by atoms with E-state index in [-0.39, 0.29) is 5.02 Å². The average molecular weight is 307 g/mol.